The molecule has 0 bridgehead atoms. The fourth-order valence-corrected chi connectivity index (χ4v) is 4.82. The van der Waals surface area contributed by atoms with Gasteiger partial charge in [0.25, 0.3) is 0 Å². The highest BCUT2D eigenvalue weighted by molar-refractivity contribution is 8.37. The number of unbranched alkanes of at least 4 members (excludes halogenated alkanes) is 10. The van der Waals surface area contributed by atoms with Crippen LogP contribution in [0.5, 0.6) is 0 Å². The van der Waals surface area contributed by atoms with E-state index in [4.69, 9.17) is 11.2 Å². The van der Waals surface area contributed by atoms with Gasteiger partial charge in [0.2, 0.25) is 0 Å². The highest BCUT2D eigenvalue weighted by atomic mass is 32.9. The van der Waals surface area contributed by atoms with Crippen molar-refractivity contribution in [2.24, 2.45) is 0 Å². The van der Waals surface area contributed by atoms with Crippen LogP contribution in [-0.4, -0.2) is 16.1 Å². The lowest BCUT2D eigenvalue weighted by atomic mass is 10.1. The topological polar surface area (TPSA) is 20.2 Å². The van der Waals surface area contributed by atoms with Gasteiger partial charge in [-0.05, 0) is 24.0 Å². The Morgan fingerprint density at radius 3 is 1.32 bits per heavy atom. The minimum Gasteiger partial charge on any atom is -0.350 e. The summed E-state index contributed by atoms with van der Waals surface area (Å²) in [6.45, 7) is 4.49. The number of thiol groups is 1. The molecule has 3 heteroatoms. The summed E-state index contributed by atoms with van der Waals surface area (Å²) in [5.41, 5.74) is 0. The minimum absolute atomic E-state index is 0.920. The second kappa shape index (κ2) is 13.5. The van der Waals surface area contributed by atoms with Crippen molar-refractivity contribution in [3.8, 4) is 0 Å². The molecular formula is C16H36OS2. The van der Waals surface area contributed by atoms with Crippen LogP contribution in [0.2, 0.25) is 0 Å². The van der Waals surface area contributed by atoms with Crippen molar-refractivity contribution in [1.82, 2.24) is 0 Å². The summed E-state index contributed by atoms with van der Waals surface area (Å²) in [4.78, 5) is 0. The molecular weight excluding hydrogens is 272 g/mol. The van der Waals surface area contributed by atoms with Gasteiger partial charge in [-0.3, -0.25) is 0 Å². The third-order valence-corrected chi connectivity index (χ3v) is 6.85. The van der Waals surface area contributed by atoms with Crippen molar-refractivity contribution in [2.75, 3.05) is 11.5 Å². The molecule has 1 nitrogen and oxygen atoms in total. The maximum absolute atomic E-state index is 10.2. The van der Waals surface area contributed by atoms with Gasteiger partial charge in [-0.1, -0.05) is 78.1 Å². The highest BCUT2D eigenvalue weighted by Crippen LogP contribution is 2.13. The van der Waals surface area contributed by atoms with E-state index in [1.54, 1.807) is 0 Å². The molecule has 0 fully saturated rings. The maximum atomic E-state index is 10.2. The summed E-state index contributed by atoms with van der Waals surface area (Å²) in [5, 5.41) is 0. The van der Waals surface area contributed by atoms with Gasteiger partial charge in [0.15, 0.2) is 0 Å². The van der Waals surface area contributed by atoms with Gasteiger partial charge >= 0.3 is 0 Å². The van der Waals surface area contributed by atoms with Crippen molar-refractivity contribution < 1.29 is 4.55 Å². The molecule has 0 atom stereocenters. The largest absolute Gasteiger partial charge is 0.350 e. The molecule has 0 aromatic rings. The van der Waals surface area contributed by atoms with Crippen LogP contribution in [0.4, 0.5) is 0 Å². The summed E-state index contributed by atoms with van der Waals surface area (Å²) < 4.78 is 10.2. The van der Waals surface area contributed by atoms with Crippen LogP contribution in [0.15, 0.2) is 0 Å². The predicted octanol–water partition coefficient (Wildman–Crippen LogP) is 5.53. The first-order chi connectivity index (χ1) is 9.12. The average molecular weight is 309 g/mol. The quantitative estimate of drug-likeness (QED) is 0.325. The van der Waals surface area contributed by atoms with Gasteiger partial charge in [-0.15, -0.1) is 8.87 Å². The number of hydrogen-bond acceptors (Lipinski definition) is 1. The molecule has 0 amide bonds. The van der Waals surface area contributed by atoms with Crippen LogP contribution in [-0.2, 0) is 20.1 Å². The van der Waals surface area contributed by atoms with E-state index in [9.17, 15) is 4.55 Å². The molecule has 0 heterocycles. The molecule has 0 aromatic heterocycles. The molecule has 0 aliphatic heterocycles. The molecule has 0 aliphatic carbocycles. The van der Waals surface area contributed by atoms with Gasteiger partial charge in [0, 0.05) is 11.5 Å². The first-order valence-electron chi connectivity index (χ1n) is 8.43. The van der Waals surface area contributed by atoms with E-state index >= 15 is 0 Å². The Morgan fingerprint density at radius 1 is 0.632 bits per heavy atom. The van der Waals surface area contributed by atoms with Crippen molar-refractivity contribution in [2.45, 2.75) is 90.9 Å². The number of rotatable bonds is 14. The summed E-state index contributed by atoms with van der Waals surface area (Å²) >= 11 is 5.41. The molecule has 1 N–H and O–H groups in total. The Balaban J connectivity index is 3.39. The van der Waals surface area contributed by atoms with Gasteiger partial charge in [0.1, 0.15) is 0 Å². The van der Waals surface area contributed by atoms with Crippen LogP contribution in [0.1, 0.15) is 90.9 Å². The molecule has 0 saturated heterocycles. The van der Waals surface area contributed by atoms with Crippen LogP contribution in [0.3, 0.4) is 0 Å². The van der Waals surface area contributed by atoms with E-state index in [1.165, 1.54) is 64.2 Å². The third-order valence-electron chi connectivity index (χ3n) is 3.72. The lowest BCUT2D eigenvalue weighted by Gasteiger charge is -2.20. The van der Waals surface area contributed by atoms with E-state index < -0.39 is 8.87 Å². The van der Waals surface area contributed by atoms with Gasteiger partial charge in [-0.2, -0.15) is 0 Å². The zero-order valence-electron chi connectivity index (χ0n) is 13.2. The van der Waals surface area contributed by atoms with Gasteiger partial charge in [-0.25, -0.2) is 0 Å². The molecule has 0 spiro atoms. The second-order valence-corrected chi connectivity index (χ2v) is 10.5. The van der Waals surface area contributed by atoms with Crippen molar-refractivity contribution >= 4 is 20.1 Å². The Kier molecular flexibility index (Phi) is 13.9. The molecule has 0 unspecified atom stereocenters. The molecule has 0 saturated carbocycles. The lowest BCUT2D eigenvalue weighted by molar-refractivity contribution is 0.595. The summed E-state index contributed by atoms with van der Waals surface area (Å²) in [7, 11) is -1.97. The van der Waals surface area contributed by atoms with E-state index in [0.29, 0.717) is 0 Å². The van der Waals surface area contributed by atoms with E-state index in [-0.39, 0.29) is 0 Å². The van der Waals surface area contributed by atoms with Crippen LogP contribution >= 0.6 is 0 Å². The van der Waals surface area contributed by atoms with Crippen LogP contribution in [0, 0.1) is 0 Å². The zero-order chi connectivity index (χ0) is 14.4. The Labute approximate surface area is 127 Å². The van der Waals surface area contributed by atoms with E-state index in [1.807, 2.05) is 0 Å². The maximum Gasteiger partial charge on any atom is 0.0000751 e. The Bertz CT molecular complexity index is 209. The normalized spacial score (nSPS) is 12.8. The minimum atomic E-state index is -1.97. The lowest BCUT2D eigenvalue weighted by Crippen LogP contribution is -2.18. The summed E-state index contributed by atoms with van der Waals surface area (Å²) in [6, 6.07) is 0. The number of hydrogen-bond donors (Lipinski definition) is 2. The molecule has 0 aliphatic rings. The van der Waals surface area contributed by atoms with Crippen molar-refractivity contribution in [1.29, 1.82) is 0 Å². The third kappa shape index (κ3) is 14.7. The molecule has 0 rings (SSSR count). The van der Waals surface area contributed by atoms with E-state index in [0.717, 1.165) is 24.3 Å². The molecule has 118 valence electrons. The fourth-order valence-electron chi connectivity index (χ4n) is 2.39. The monoisotopic (exact) mass is 308 g/mol. The fraction of sp³-hybridized carbons (Fsp3) is 1.00. The first kappa shape index (κ1) is 19.5. The smallest absolute Gasteiger partial charge is 0.0000751 e. The van der Waals surface area contributed by atoms with Gasteiger partial charge in [0.05, 0.1) is 0 Å². The molecule has 0 aromatic carbocycles. The Hall–Kier alpha value is 0.530. The first-order valence-corrected chi connectivity index (χ1v) is 11.6. The summed E-state index contributed by atoms with van der Waals surface area (Å²) in [5.74, 6) is 1.84. The highest BCUT2D eigenvalue weighted by Gasteiger charge is 2.06. The standard InChI is InChI=1S/C16H36OS2/c1-3-5-7-9-11-13-15-19(17,18)16-14-12-10-8-6-4-2/h19H,3-16H2,1-2H3,(H,17,18). The predicted molar refractivity (Wildman–Crippen MR) is 95.2 cm³/mol. The summed E-state index contributed by atoms with van der Waals surface area (Å²) in [6.07, 6.45) is 15.5. The van der Waals surface area contributed by atoms with E-state index in [2.05, 4.69) is 13.8 Å². The van der Waals surface area contributed by atoms with Crippen LogP contribution in [0.25, 0.3) is 0 Å². The van der Waals surface area contributed by atoms with Crippen molar-refractivity contribution in [3.63, 3.8) is 0 Å². The molecule has 19 heavy (non-hydrogen) atoms. The zero-order valence-corrected chi connectivity index (χ0v) is 14.9. The molecule has 0 radical (unpaired) electrons. The Morgan fingerprint density at radius 2 is 0.947 bits per heavy atom. The van der Waals surface area contributed by atoms with Crippen LogP contribution < -0.4 is 0 Å². The average Bonchev–Trinajstić information content (AvgIpc) is 2.38. The second-order valence-electron chi connectivity index (χ2n) is 5.83. The van der Waals surface area contributed by atoms with Gasteiger partial charge < -0.3 is 4.55 Å². The SMILES string of the molecule is CCCCCCCC[SH](O)(=S)CCCCCCCC. The van der Waals surface area contributed by atoms with Crippen molar-refractivity contribution in [3.05, 3.63) is 0 Å².